The van der Waals surface area contributed by atoms with Gasteiger partial charge < -0.3 is 10.4 Å². The van der Waals surface area contributed by atoms with Gasteiger partial charge in [0.15, 0.2) is 0 Å². The first-order valence-electron chi connectivity index (χ1n) is 6.23. The Morgan fingerprint density at radius 2 is 1.74 bits per heavy atom. The Kier molecular flexibility index (Phi) is 4.91. The lowest BCUT2D eigenvalue weighted by molar-refractivity contribution is 0.170. The molecular weight excluding hydrogens is 260 g/mol. The summed E-state index contributed by atoms with van der Waals surface area (Å²) in [6.07, 6.45) is 2.83. The number of nitrogens with one attached hydrogen (secondary N) is 1. The second-order valence-corrected chi connectivity index (χ2v) is 4.91. The topological polar surface area (TPSA) is 45.1 Å². The SMILES string of the molecule is CC(NCC(O)c1ccncc1)c1ccc(Cl)cc1. The lowest BCUT2D eigenvalue weighted by Gasteiger charge is -2.17. The first kappa shape index (κ1) is 14.0. The predicted molar refractivity (Wildman–Crippen MR) is 77.1 cm³/mol. The molecule has 0 aliphatic rings. The Bertz CT molecular complexity index is 501. The third-order valence-electron chi connectivity index (χ3n) is 3.08. The minimum Gasteiger partial charge on any atom is -0.387 e. The van der Waals surface area contributed by atoms with Crippen LogP contribution in [0, 0.1) is 0 Å². The zero-order valence-electron chi connectivity index (χ0n) is 10.8. The number of halogens is 1. The average Bonchev–Trinajstić information content (AvgIpc) is 2.46. The number of hydrogen-bond donors (Lipinski definition) is 2. The van der Waals surface area contributed by atoms with E-state index in [-0.39, 0.29) is 6.04 Å². The Balaban J connectivity index is 1.90. The lowest BCUT2D eigenvalue weighted by atomic mass is 10.1. The summed E-state index contributed by atoms with van der Waals surface area (Å²) in [6.45, 7) is 2.55. The molecule has 19 heavy (non-hydrogen) atoms. The van der Waals surface area contributed by atoms with Crippen LogP contribution in [-0.2, 0) is 0 Å². The van der Waals surface area contributed by atoms with E-state index in [0.717, 1.165) is 16.1 Å². The molecule has 4 heteroatoms. The van der Waals surface area contributed by atoms with Crippen molar-refractivity contribution in [1.29, 1.82) is 0 Å². The second-order valence-electron chi connectivity index (χ2n) is 4.48. The highest BCUT2D eigenvalue weighted by molar-refractivity contribution is 6.30. The van der Waals surface area contributed by atoms with E-state index in [1.807, 2.05) is 36.4 Å². The van der Waals surface area contributed by atoms with Gasteiger partial charge in [-0.1, -0.05) is 23.7 Å². The fourth-order valence-electron chi connectivity index (χ4n) is 1.86. The predicted octanol–water partition coefficient (Wildman–Crippen LogP) is 3.12. The zero-order valence-corrected chi connectivity index (χ0v) is 11.5. The fourth-order valence-corrected chi connectivity index (χ4v) is 1.99. The lowest BCUT2D eigenvalue weighted by Crippen LogP contribution is -2.24. The standard InChI is InChI=1S/C15H17ClN2O/c1-11(12-2-4-14(16)5-3-12)18-10-15(19)13-6-8-17-9-7-13/h2-9,11,15,18-19H,10H2,1H3. The van der Waals surface area contributed by atoms with Gasteiger partial charge in [0.1, 0.15) is 0 Å². The monoisotopic (exact) mass is 276 g/mol. The molecule has 0 aliphatic heterocycles. The molecule has 100 valence electrons. The van der Waals surface area contributed by atoms with Crippen LogP contribution in [0.25, 0.3) is 0 Å². The molecule has 0 fully saturated rings. The van der Waals surface area contributed by atoms with Crippen molar-refractivity contribution >= 4 is 11.6 Å². The van der Waals surface area contributed by atoms with Gasteiger partial charge in [-0.2, -0.15) is 0 Å². The van der Waals surface area contributed by atoms with Crippen LogP contribution < -0.4 is 5.32 Å². The maximum absolute atomic E-state index is 10.0. The third-order valence-corrected chi connectivity index (χ3v) is 3.33. The van der Waals surface area contributed by atoms with Crippen LogP contribution in [0.3, 0.4) is 0 Å². The van der Waals surface area contributed by atoms with Crippen molar-refractivity contribution < 1.29 is 5.11 Å². The molecule has 0 aliphatic carbocycles. The summed E-state index contributed by atoms with van der Waals surface area (Å²) in [6, 6.07) is 11.5. The molecular formula is C15H17ClN2O. The van der Waals surface area contributed by atoms with Gasteiger partial charge in [-0.3, -0.25) is 4.98 Å². The molecule has 2 rings (SSSR count). The van der Waals surface area contributed by atoms with Gasteiger partial charge >= 0.3 is 0 Å². The maximum Gasteiger partial charge on any atom is 0.0915 e. The summed E-state index contributed by atoms with van der Waals surface area (Å²) < 4.78 is 0. The molecule has 0 saturated heterocycles. The molecule has 0 bridgehead atoms. The average molecular weight is 277 g/mol. The normalized spacial score (nSPS) is 14.1. The maximum atomic E-state index is 10.0. The number of benzene rings is 1. The molecule has 2 N–H and O–H groups in total. The van der Waals surface area contributed by atoms with Crippen LogP contribution in [0.1, 0.15) is 30.2 Å². The summed E-state index contributed by atoms with van der Waals surface area (Å²) in [4.78, 5) is 3.93. The van der Waals surface area contributed by atoms with Crippen molar-refractivity contribution in [1.82, 2.24) is 10.3 Å². The molecule has 3 nitrogen and oxygen atoms in total. The smallest absolute Gasteiger partial charge is 0.0915 e. The number of rotatable bonds is 5. The Morgan fingerprint density at radius 1 is 1.11 bits per heavy atom. The van der Waals surface area contributed by atoms with E-state index in [0.29, 0.717) is 6.54 Å². The highest BCUT2D eigenvalue weighted by Crippen LogP contribution is 2.17. The first-order valence-corrected chi connectivity index (χ1v) is 6.61. The van der Waals surface area contributed by atoms with Crippen LogP contribution in [0.2, 0.25) is 5.02 Å². The number of hydrogen-bond acceptors (Lipinski definition) is 3. The number of aromatic nitrogens is 1. The number of aliphatic hydroxyl groups excluding tert-OH is 1. The van der Waals surface area contributed by atoms with E-state index in [4.69, 9.17) is 11.6 Å². The van der Waals surface area contributed by atoms with Crippen LogP contribution in [0.5, 0.6) is 0 Å². The molecule has 2 unspecified atom stereocenters. The van der Waals surface area contributed by atoms with Crippen molar-refractivity contribution in [2.75, 3.05) is 6.54 Å². The van der Waals surface area contributed by atoms with Gasteiger partial charge in [-0.25, -0.2) is 0 Å². The Hall–Kier alpha value is -1.42. The van der Waals surface area contributed by atoms with E-state index in [1.165, 1.54) is 0 Å². The Labute approximate surface area is 118 Å². The summed E-state index contributed by atoms with van der Waals surface area (Å²) >= 11 is 5.86. The Morgan fingerprint density at radius 3 is 2.37 bits per heavy atom. The highest BCUT2D eigenvalue weighted by Gasteiger charge is 2.10. The first-order chi connectivity index (χ1) is 9.16. The van der Waals surface area contributed by atoms with Gasteiger partial charge in [0.05, 0.1) is 6.10 Å². The largest absolute Gasteiger partial charge is 0.387 e. The van der Waals surface area contributed by atoms with E-state index in [2.05, 4.69) is 17.2 Å². The number of aliphatic hydroxyl groups is 1. The van der Waals surface area contributed by atoms with Gasteiger partial charge in [0, 0.05) is 30.0 Å². The fraction of sp³-hybridized carbons (Fsp3) is 0.267. The molecule has 1 aromatic carbocycles. The third kappa shape index (κ3) is 4.03. The molecule has 0 amide bonds. The molecule has 1 heterocycles. The summed E-state index contributed by atoms with van der Waals surface area (Å²) in [5.74, 6) is 0. The van der Waals surface area contributed by atoms with E-state index in [9.17, 15) is 5.11 Å². The number of nitrogens with zero attached hydrogens (tertiary/aromatic N) is 1. The van der Waals surface area contributed by atoms with Crippen molar-refractivity contribution in [3.8, 4) is 0 Å². The van der Waals surface area contributed by atoms with Gasteiger partial charge in [-0.15, -0.1) is 0 Å². The molecule has 0 spiro atoms. The van der Waals surface area contributed by atoms with Crippen molar-refractivity contribution in [2.24, 2.45) is 0 Å². The van der Waals surface area contributed by atoms with Crippen molar-refractivity contribution in [3.63, 3.8) is 0 Å². The zero-order chi connectivity index (χ0) is 13.7. The summed E-state index contributed by atoms with van der Waals surface area (Å²) in [5, 5.41) is 14.1. The molecule has 2 atom stereocenters. The minimum absolute atomic E-state index is 0.161. The van der Waals surface area contributed by atoms with E-state index >= 15 is 0 Å². The summed E-state index contributed by atoms with van der Waals surface area (Å²) in [5.41, 5.74) is 2.01. The highest BCUT2D eigenvalue weighted by atomic mass is 35.5. The molecule has 0 saturated carbocycles. The van der Waals surface area contributed by atoms with Gasteiger partial charge in [0.2, 0.25) is 0 Å². The number of pyridine rings is 1. The van der Waals surface area contributed by atoms with Gasteiger partial charge in [-0.05, 0) is 42.3 Å². The van der Waals surface area contributed by atoms with Crippen LogP contribution >= 0.6 is 11.6 Å². The quantitative estimate of drug-likeness (QED) is 0.882. The van der Waals surface area contributed by atoms with E-state index in [1.54, 1.807) is 12.4 Å². The van der Waals surface area contributed by atoms with Crippen LogP contribution in [0.15, 0.2) is 48.8 Å². The van der Waals surface area contributed by atoms with Crippen molar-refractivity contribution in [2.45, 2.75) is 19.1 Å². The minimum atomic E-state index is -0.530. The summed E-state index contributed by atoms with van der Waals surface area (Å²) in [7, 11) is 0. The van der Waals surface area contributed by atoms with Gasteiger partial charge in [0.25, 0.3) is 0 Å². The molecule has 0 radical (unpaired) electrons. The second kappa shape index (κ2) is 6.66. The molecule has 2 aromatic rings. The molecule has 1 aromatic heterocycles. The van der Waals surface area contributed by atoms with Crippen LogP contribution in [-0.4, -0.2) is 16.6 Å². The van der Waals surface area contributed by atoms with E-state index < -0.39 is 6.10 Å². The van der Waals surface area contributed by atoms with Crippen LogP contribution in [0.4, 0.5) is 0 Å². The van der Waals surface area contributed by atoms with Crippen molar-refractivity contribution in [3.05, 3.63) is 64.9 Å².